The van der Waals surface area contributed by atoms with E-state index in [1.54, 1.807) is 12.1 Å². The Hall–Kier alpha value is -1.62. The molecule has 2 atom stereocenters. The fourth-order valence-electron chi connectivity index (χ4n) is 2.91. The molecular weight excluding hydrogens is 242 g/mol. The molecule has 1 heterocycles. The molecule has 2 N–H and O–H groups in total. The molecule has 0 amide bonds. The smallest absolute Gasteiger partial charge is 0.274 e. The van der Waals surface area contributed by atoms with E-state index in [4.69, 9.17) is 5.73 Å². The predicted octanol–water partition coefficient (Wildman–Crippen LogP) is 2.47. The van der Waals surface area contributed by atoms with Gasteiger partial charge >= 0.3 is 0 Å². The predicted molar refractivity (Wildman–Crippen MR) is 76.4 cm³/mol. The number of nitro benzene ring substituents is 1. The van der Waals surface area contributed by atoms with Gasteiger partial charge in [-0.05, 0) is 31.7 Å². The summed E-state index contributed by atoms with van der Waals surface area (Å²) in [5.41, 5.74) is 7.74. The molecule has 5 nitrogen and oxygen atoms in total. The first kappa shape index (κ1) is 13.8. The Balaban J connectivity index is 2.35. The molecule has 0 aromatic heterocycles. The lowest BCUT2D eigenvalue weighted by atomic mass is 9.91. The number of nitrogens with two attached hydrogens (primary N) is 1. The topological polar surface area (TPSA) is 72.4 Å². The highest BCUT2D eigenvalue weighted by Crippen LogP contribution is 2.33. The van der Waals surface area contributed by atoms with Gasteiger partial charge < -0.3 is 10.6 Å². The maximum atomic E-state index is 11.0. The molecule has 0 saturated carbocycles. The van der Waals surface area contributed by atoms with Gasteiger partial charge in [-0.3, -0.25) is 10.1 Å². The highest BCUT2D eigenvalue weighted by Gasteiger charge is 2.28. The molecule has 2 rings (SSSR count). The number of rotatable bonds is 3. The van der Waals surface area contributed by atoms with Crippen molar-refractivity contribution >= 4 is 11.4 Å². The van der Waals surface area contributed by atoms with Gasteiger partial charge in [-0.1, -0.05) is 13.0 Å². The van der Waals surface area contributed by atoms with Crippen LogP contribution in [-0.4, -0.2) is 24.1 Å². The molecule has 104 valence electrons. The third-order valence-corrected chi connectivity index (χ3v) is 4.03. The molecule has 0 aliphatic carbocycles. The Morgan fingerprint density at radius 2 is 2.26 bits per heavy atom. The minimum atomic E-state index is -0.317. The number of piperidine rings is 1. The number of benzene rings is 1. The van der Waals surface area contributed by atoms with E-state index in [0.29, 0.717) is 12.5 Å². The summed E-state index contributed by atoms with van der Waals surface area (Å²) in [5, 5.41) is 11.0. The van der Waals surface area contributed by atoms with E-state index in [9.17, 15) is 10.1 Å². The van der Waals surface area contributed by atoms with Crippen molar-refractivity contribution in [2.45, 2.75) is 32.7 Å². The van der Waals surface area contributed by atoms with Crippen LogP contribution in [0.15, 0.2) is 18.2 Å². The fraction of sp³-hybridized carbons (Fsp3) is 0.571. The standard InChI is InChI=1S/C14H21N3O2/c1-10-6-7-16(12(8-10)9-15)13-4-3-5-14(11(13)2)17(18)19/h3-5,10,12H,6-9,15H2,1-2H3. The Kier molecular flexibility index (Phi) is 4.04. The zero-order valence-corrected chi connectivity index (χ0v) is 11.5. The third-order valence-electron chi connectivity index (χ3n) is 4.03. The largest absolute Gasteiger partial charge is 0.367 e. The minimum absolute atomic E-state index is 0.187. The van der Waals surface area contributed by atoms with Gasteiger partial charge in [0.05, 0.1) is 10.5 Å². The molecule has 1 aliphatic heterocycles. The summed E-state index contributed by atoms with van der Waals surface area (Å²) in [7, 11) is 0. The fourth-order valence-corrected chi connectivity index (χ4v) is 2.91. The summed E-state index contributed by atoms with van der Waals surface area (Å²) in [6.07, 6.45) is 2.16. The van der Waals surface area contributed by atoms with Crippen LogP contribution in [0, 0.1) is 23.0 Å². The number of hydrogen-bond acceptors (Lipinski definition) is 4. The quantitative estimate of drug-likeness (QED) is 0.671. The van der Waals surface area contributed by atoms with Gasteiger partial charge in [0.25, 0.3) is 5.69 Å². The Morgan fingerprint density at radius 1 is 1.53 bits per heavy atom. The van der Waals surface area contributed by atoms with Crippen molar-refractivity contribution in [3.63, 3.8) is 0 Å². The number of anilines is 1. The van der Waals surface area contributed by atoms with Gasteiger partial charge in [-0.15, -0.1) is 0 Å². The maximum absolute atomic E-state index is 11.0. The Bertz CT molecular complexity index is 476. The first-order chi connectivity index (χ1) is 9.04. The van der Waals surface area contributed by atoms with Gasteiger partial charge in [-0.25, -0.2) is 0 Å². The summed E-state index contributed by atoms with van der Waals surface area (Å²) in [6, 6.07) is 5.56. The van der Waals surface area contributed by atoms with Gasteiger partial charge in [0.15, 0.2) is 0 Å². The molecule has 0 spiro atoms. The SMILES string of the molecule is Cc1c(N2CCC(C)CC2CN)cccc1[N+](=O)[O-]. The second-order valence-corrected chi connectivity index (χ2v) is 5.39. The normalized spacial score (nSPS) is 23.4. The molecule has 0 bridgehead atoms. The van der Waals surface area contributed by atoms with Crippen LogP contribution >= 0.6 is 0 Å². The number of hydrogen-bond donors (Lipinski definition) is 1. The van der Waals surface area contributed by atoms with Crippen molar-refractivity contribution in [2.75, 3.05) is 18.0 Å². The molecule has 5 heteroatoms. The van der Waals surface area contributed by atoms with Crippen LogP contribution in [0.5, 0.6) is 0 Å². The first-order valence-electron chi connectivity index (χ1n) is 6.75. The highest BCUT2D eigenvalue weighted by molar-refractivity contribution is 5.62. The summed E-state index contributed by atoms with van der Waals surface area (Å²) in [4.78, 5) is 12.9. The van der Waals surface area contributed by atoms with Gasteiger partial charge in [-0.2, -0.15) is 0 Å². The molecule has 19 heavy (non-hydrogen) atoms. The van der Waals surface area contributed by atoms with Gasteiger partial charge in [0.1, 0.15) is 0 Å². The minimum Gasteiger partial charge on any atom is -0.367 e. The molecule has 1 fully saturated rings. The molecule has 1 aromatic rings. The van der Waals surface area contributed by atoms with Crippen LogP contribution in [-0.2, 0) is 0 Å². The zero-order chi connectivity index (χ0) is 14.0. The van der Waals surface area contributed by atoms with Crippen LogP contribution < -0.4 is 10.6 Å². The lowest BCUT2D eigenvalue weighted by Crippen LogP contribution is -2.46. The molecule has 1 saturated heterocycles. The number of nitrogens with zero attached hydrogens (tertiary/aromatic N) is 2. The van der Waals surface area contributed by atoms with E-state index in [1.165, 1.54) is 0 Å². The lowest BCUT2D eigenvalue weighted by Gasteiger charge is -2.40. The van der Waals surface area contributed by atoms with Crippen molar-refractivity contribution in [3.8, 4) is 0 Å². The van der Waals surface area contributed by atoms with Gasteiger partial charge in [0.2, 0.25) is 0 Å². The molecular formula is C14H21N3O2. The monoisotopic (exact) mass is 263 g/mol. The summed E-state index contributed by atoms with van der Waals surface area (Å²) >= 11 is 0. The van der Waals surface area contributed by atoms with Crippen molar-refractivity contribution < 1.29 is 4.92 Å². The van der Waals surface area contributed by atoms with E-state index >= 15 is 0 Å². The third kappa shape index (κ3) is 2.71. The molecule has 2 unspecified atom stereocenters. The summed E-state index contributed by atoms with van der Waals surface area (Å²) in [5.74, 6) is 0.670. The van der Waals surface area contributed by atoms with E-state index in [0.717, 1.165) is 30.6 Å². The van der Waals surface area contributed by atoms with Crippen LogP contribution in [0.4, 0.5) is 11.4 Å². The maximum Gasteiger partial charge on any atom is 0.274 e. The van der Waals surface area contributed by atoms with E-state index in [-0.39, 0.29) is 16.7 Å². The van der Waals surface area contributed by atoms with Crippen molar-refractivity contribution in [1.29, 1.82) is 0 Å². The first-order valence-corrected chi connectivity index (χ1v) is 6.75. The second kappa shape index (κ2) is 5.57. The van der Waals surface area contributed by atoms with Crippen LogP contribution in [0.1, 0.15) is 25.3 Å². The molecule has 0 radical (unpaired) electrons. The van der Waals surface area contributed by atoms with Crippen molar-refractivity contribution in [2.24, 2.45) is 11.7 Å². The van der Waals surface area contributed by atoms with Gasteiger partial charge in [0, 0.05) is 30.9 Å². The van der Waals surface area contributed by atoms with Crippen LogP contribution in [0.25, 0.3) is 0 Å². The lowest BCUT2D eigenvalue weighted by molar-refractivity contribution is -0.385. The number of nitro groups is 1. The average molecular weight is 263 g/mol. The van der Waals surface area contributed by atoms with Crippen molar-refractivity contribution in [1.82, 2.24) is 0 Å². The van der Waals surface area contributed by atoms with Crippen LogP contribution in [0.3, 0.4) is 0 Å². The Morgan fingerprint density at radius 3 is 2.89 bits per heavy atom. The highest BCUT2D eigenvalue weighted by atomic mass is 16.6. The Labute approximate surface area is 113 Å². The molecule has 1 aliphatic rings. The van der Waals surface area contributed by atoms with Crippen molar-refractivity contribution in [3.05, 3.63) is 33.9 Å². The average Bonchev–Trinajstić information content (AvgIpc) is 2.39. The van der Waals surface area contributed by atoms with E-state index in [1.807, 2.05) is 13.0 Å². The zero-order valence-electron chi connectivity index (χ0n) is 11.5. The second-order valence-electron chi connectivity index (χ2n) is 5.39. The summed E-state index contributed by atoms with van der Waals surface area (Å²) < 4.78 is 0. The van der Waals surface area contributed by atoms with E-state index in [2.05, 4.69) is 11.8 Å². The molecule has 1 aromatic carbocycles. The summed E-state index contributed by atoms with van der Waals surface area (Å²) in [6.45, 7) is 5.57. The van der Waals surface area contributed by atoms with Crippen LogP contribution in [0.2, 0.25) is 0 Å². The van der Waals surface area contributed by atoms with E-state index < -0.39 is 0 Å².